The molecule has 0 spiro atoms. The SMILES string of the molecule is COCCNCC(=O)N1CCC(C)CCC1C(C)C.Cl. The van der Waals surface area contributed by atoms with Crippen LogP contribution in [0.2, 0.25) is 0 Å². The van der Waals surface area contributed by atoms with Gasteiger partial charge in [0.25, 0.3) is 0 Å². The quantitative estimate of drug-likeness (QED) is 0.766. The van der Waals surface area contributed by atoms with E-state index in [1.54, 1.807) is 7.11 Å². The molecule has 1 rings (SSSR count). The van der Waals surface area contributed by atoms with Crippen molar-refractivity contribution < 1.29 is 9.53 Å². The maximum absolute atomic E-state index is 12.4. The molecular formula is C15H31ClN2O2. The highest BCUT2D eigenvalue weighted by atomic mass is 35.5. The molecule has 1 amide bonds. The first-order valence-electron chi connectivity index (χ1n) is 7.55. The smallest absolute Gasteiger partial charge is 0.236 e. The molecule has 0 aromatic carbocycles. The monoisotopic (exact) mass is 306 g/mol. The summed E-state index contributed by atoms with van der Waals surface area (Å²) in [5.41, 5.74) is 0. The average molecular weight is 307 g/mol. The zero-order valence-electron chi connectivity index (χ0n) is 13.4. The van der Waals surface area contributed by atoms with Crippen LogP contribution in [-0.2, 0) is 9.53 Å². The van der Waals surface area contributed by atoms with E-state index >= 15 is 0 Å². The van der Waals surface area contributed by atoms with Crippen molar-refractivity contribution >= 4 is 18.3 Å². The minimum Gasteiger partial charge on any atom is -0.383 e. The lowest BCUT2D eigenvalue weighted by Crippen LogP contribution is -2.46. The molecule has 1 saturated heterocycles. The van der Waals surface area contributed by atoms with Crippen molar-refractivity contribution in [3.8, 4) is 0 Å². The molecule has 4 nitrogen and oxygen atoms in total. The molecule has 20 heavy (non-hydrogen) atoms. The number of nitrogens with zero attached hydrogens (tertiary/aromatic N) is 1. The summed E-state index contributed by atoms with van der Waals surface area (Å²) >= 11 is 0. The van der Waals surface area contributed by atoms with Crippen LogP contribution in [0.1, 0.15) is 40.0 Å². The summed E-state index contributed by atoms with van der Waals surface area (Å²) in [7, 11) is 1.68. The van der Waals surface area contributed by atoms with Gasteiger partial charge in [0.2, 0.25) is 5.91 Å². The Labute approximate surface area is 130 Å². The number of likely N-dealkylation sites (tertiary alicyclic amines) is 1. The second-order valence-corrected chi connectivity index (χ2v) is 6.04. The van der Waals surface area contributed by atoms with Crippen molar-refractivity contribution in [3.63, 3.8) is 0 Å². The highest BCUT2D eigenvalue weighted by Crippen LogP contribution is 2.25. The molecule has 1 aliphatic heterocycles. The lowest BCUT2D eigenvalue weighted by atomic mass is 9.95. The van der Waals surface area contributed by atoms with E-state index in [1.807, 2.05) is 0 Å². The predicted molar refractivity (Wildman–Crippen MR) is 85.3 cm³/mol. The lowest BCUT2D eigenvalue weighted by molar-refractivity contribution is -0.133. The molecule has 1 aliphatic rings. The molecule has 1 fully saturated rings. The maximum atomic E-state index is 12.4. The van der Waals surface area contributed by atoms with Gasteiger partial charge in [-0.2, -0.15) is 0 Å². The second-order valence-electron chi connectivity index (χ2n) is 6.04. The van der Waals surface area contributed by atoms with Gasteiger partial charge in [-0.15, -0.1) is 12.4 Å². The fraction of sp³-hybridized carbons (Fsp3) is 0.933. The Hall–Kier alpha value is -0.320. The Bertz CT molecular complexity index is 275. The molecule has 0 bridgehead atoms. The fourth-order valence-electron chi connectivity index (χ4n) is 2.75. The van der Waals surface area contributed by atoms with Crippen LogP contribution < -0.4 is 5.32 Å². The molecule has 0 aromatic heterocycles. The van der Waals surface area contributed by atoms with E-state index in [0.29, 0.717) is 25.1 Å². The number of rotatable bonds is 6. The molecule has 0 radical (unpaired) electrons. The van der Waals surface area contributed by atoms with Crippen LogP contribution in [0.5, 0.6) is 0 Å². The number of carbonyl (C=O) groups is 1. The number of hydrogen-bond donors (Lipinski definition) is 1. The van der Waals surface area contributed by atoms with Crippen LogP contribution in [0, 0.1) is 11.8 Å². The van der Waals surface area contributed by atoms with E-state index in [-0.39, 0.29) is 18.3 Å². The van der Waals surface area contributed by atoms with Crippen LogP contribution >= 0.6 is 12.4 Å². The predicted octanol–water partition coefficient (Wildman–Crippen LogP) is 2.32. The molecule has 0 aromatic rings. The summed E-state index contributed by atoms with van der Waals surface area (Å²) < 4.78 is 4.98. The third-order valence-corrected chi connectivity index (χ3v) is 4.07. The van der Waals surface area contributed by atoms with Crippen LogP contribution in [0.15, 0.2) is 0 Å². The molecule has 1 N–H and O–H groups in total. The second kappa shape index (κ2) is 10.4. The van der Waals surface area contributed by atoms with Gasteiger partial charge in [0.15, 0.2) is 0 Å². The van der Waals surface area contributed by atoms with Crippen LogP contribution in [0.3, 0.4) is 0 Å². The lowest BCUT2D eigenvalue weighted by Gasteiger charge is -2.33. The first kappa shape index (κ1) is 19.7. The van der Waals surface area contributed by atoms with Crippen molar-refractivity contribution in [2.24, 2.45) is 11.8 Å². The van der Waals surface area contributed by atoms with Gasteiger partial charge < -0.3 is 15.0 Å². The molecule has 120 valence electrons. The molecule has 1 heterocycles. The van der Waals surface area contributed by atoms with Crippen LogP contribution in [0.4, 0.5) is 0 Å². The van der Waals surface area contributed by atoms with Gasteiger partial charge >= 0.3 is 0 Å². The zero-order chi connectivity index (χ0) is 14.3. The van der Waals surface area contributed by atoms with Crippen LogP contribution in [0.25, 0.3) is 0 Å². The van der Waals surface area contributed by atoms with Gasteiger partial charge in [0.05, 0.1) is 13.2 Å². The summed E-state index contributed by atoms with van der Waals surface area (Å²) in [6, 6.07) is 0.404. The van der Waals surface area contributed by atoms with Crippen molar-refractivity contribution in [1.29, 1.82) is 0 Å². The number of halogens is 1. The van der Waals surface area contributed by atoms with E-state index in [9.17, 15) is 4.79 Å². The number of ether oxygens (including phenoxy) is 1. The zero-order valence-corrected chi connectivity index (χ0v) is 14.2. The summed E-state index contributed by atoms with van der Waals surface area (Å²) in [6.07, 6.45) is 3.51. The summed E-state index contributed by atoms with van der Waals surface area (Å²) in [6.45, 7) is 9.47. The van der Waals surface area contributed by atoms with Crippen molar-refractivity contribution in [2.45, 2.75) is 46.1 Å². The standard InChI is InChI=1S/C15H30N2O2.ClH/c1-12(2)14-6-5-13(3)7-9-17(14)15(18)11-16-8-10-19-4;/h12-14,16H,5-11H2,1-4H3;1H. The van der Waals surface area contributed by atoms with E-state index in [1.165, 1.54) is 6.42 Å². The number of nitrogens with one attached hydrogen (secondary N) is 1. The van der Waals surface area contributed by atoms with Gasteiger partial charge in [0, 0.05) is 26.2 Å². The van der Waals surface area contributed by atoms with Gasteiger partial charge in [-0.1, -0.05) is 20.8 Å². The van der Waals surface area contributed by atoms with Crippen molar-refractivity contribution in [2.75, 3.05) is 33.4 Å². The molecular weight excluding hydrogens is 276 g/mol. The summed E-state index contributed by atoms with van der Waals surface area (Å²) in [5, 5.41) is 3.16. The highest BCUT2D eigenvalue weighted by molar-refractivity contribution is 5.85. The van der Waals surface area contributed by atoms with E-state index in [0.717, 1.165) is 31.8 Å². The van der Waals surface area contributed by atoms with Gasteiger partial charge in [0.1, 0.15) is 0 Å². The van der Waals surface area contributed by atoms with E-state index in [4.69, 9.17) is 4.74 Å². The third-order valence-electron chi connectivity index (χ3n) is 4.07. The first-order chi connectivity index (χ1) is 9.06. The molecule has 2 unspecified atom stereocenters. The van der Waals surface area contributed by atoms with Crippen LogP contribution in [-0.4, -0.2) is 50.2 Å². The highest BCUT2D eigenvalue weighted by Gasteiger charge is 2.28. The Morgan fingerprint density at radius 1 is 1.35 bits per heavy atom. The maximum Gasteiger partial charge on any atom is 0.236 e. The number of methoxy groups -OCH3 is 1. The average Bonchev–Trinajstić information content (AvgIpc) is 2.56. The third kappa shape index (κ3) is 6.42. The number of hydrogen-bond acceptors (Lipinski definition) is 3. The Morgan fingerprint density at radius 3 is 2.65 bits per heavy atom. The normalized spacial score (nSPS) is 23.4. The van der Waals surface area contributed by atoms with Gasteiger partial charge in [-0.05, 0) is 31.1 Å². The molecule has 0 saturated carbocycles. The minimum atomic E-state index is 0. The van der Waals surface area contributed by atoms with E-state index in [2.05, 4.69) is 31.0 Å². The largest absolute Gasteiger partial charge is 0.383 e. The Morgan fingerprint density at radius 2 is 2.05 bits per heavy atom. The Kier molecular flexibility index (Phi) is 10.2. The first-order valence-corrected chi connectivity index (χ1v) is 7.55. The molecule has 2 atom stereocenters. The van der Waals surface area contributed by atoms with E-state index < -0.39 is 0 Å². The molecule has 0 aliphatic carbocycles. The number of carbonyl (C=O) groups excluding carboxylic acids is 1. The van der Waals surface area contributed by atoms with Crippen molar-refractivity contribution in [1.82, 2.24) is 10.2 Å². The number of amides is 1. The Balaban J connectivity index is 0.00000361. The van der Waals surface area contributed by atoms with Gasteiger partial charge in [-0.25, -0.2) is 0 Å². The van der Waals surface area contributed by atoms with Crippen molar-refractivity contribution in [3.05, 3.63) is 0 Å². The summed E-state index contributed by atoms with van der Waals surface area (Å²) in [5.74, 6) is 1.51. The fourth-order valence-corrected chi connectivity index (χ4v) is 2.75. The molecule has 5 heteroatoms. The summed E-state index contributed by atoms with van der Waals surface area (Å²) in [4.78, 5) is 14.5. The minimum absolute atomic E-state index is 0. The van der Waals surface area contributed by atoms with Gasteiger partial charge in [-0.3, -0.25) is 4.79 Å². The topological polar surface area (TPSA) is 41.6 Å².